The van der Waals surface area contributed by atoms with Crippen molar-refractivity contribution in [2.75, 3.05) is 25.6 Å². The van der Waals surface area contributed by atoms with E-state index in [9.17, 15) is 4.39 Å². The van der Waals surface area contributed by atoms with Crippen LogP contribution in [-0.2, 0) is 17.9 Å². The molecular weight excluding hydrogens is 329 g/mol. The Morgan fingerprint density at radius 1 is 1.42 bits per heavy atom. The van der Waals surface area contributed by atoms with Crippen molar-refractivity contribution in [1.29, 1.82) is 0 Å². The Bertz CT molecular complexity index is 591. The van der Waals surface area contributed by atoms with Crippen LogP contribution in [0.2, 0.25) is 0 Å². The van der Waals surface area contributed by atoms with E-state index in [0.29, 0.717) is 24.2 Å². The average molecular weight is 353 g/mol. The van der Waals surface area contributed by atoms with Gasteiger partial charge in [0.05, 0.1) is 13.2 Å². The summed E-state index contributed by atoms with van der Waals surface area (Å²) >= 11 is 2.01. The van der Waals surface area contributed by atoms with Gasteiger partial charge in [0.1, 0.15) is 11.6 Å². The summed E-state index contributed by atoms with van der Waals surface area (Å²) in [5, 5.41) is 7.28. The van der Waals surface area contributed by atoms with Crippen LogP contribution in [-0.4, -0.2) is 36.8 Å². The first-order valence-electron chi connectivity index (χ1n) is 8.42. The highest BCUT2D eigenvalue weighted by Gasteiger charge is 2.18. The molecule has 1 aromatic rings. The van der Waals surface area contributed by atoms with Crippen molar-refractivity contribution < 1.29 is 13.9 Å². The highest BCUT2D eigenvalue weighted by molar-refractivity contribution is 8.00. The molecule has 0 aliphatic carbocycles. The summed E-state index contributed by atoms with van der Waals surface area (Å²) in [6, 6.07) is 2.95. The summed E-state index contributed by atoms with van der Waals surface area (Å²) in [5.74, 6) is 2.42. The maximum Gasteiger partial charge on any atom is 0.191 e. The number of nitrogens with one attached hydrogen (secondary N) is 2. The Kier molecular flexibility index (Phi) is 6.20. The van der Waals surface area contributed by atoms with Gasteiger partial charge < -0.3 is 20.1 Å². The van der Waals surface area contributed by atoms with Crippen LogP contribution in [0.5, 0.6) is 5.75 Å². The Morgan fingerprint density at radius 3 is 3.12 bits per heavy atom. The molecule has 0 aromatic heterocycles. The number of hydrogen-bond donors (Lipinski definition) is 2. The first-order valence-corrected chi connectivity index (χ1v) is 9.46. The number of rotatable bonds is 5. The predicted octanol–water partition coefficient (Wildman–Crippen LogP) is 2.64. The quantitative estimate of drug-likeness (QED) is 0.630. The van der Waals surface area contributed by atoms with E-state index >= 15 is 0 Å². The van der Waals surface area contributed by atoms with Crippen molar-refractivity contribution in [3.05, 3.63) is 29.1 Å². The number of aliphatic imine (C=N–C) groups is 1. The Labute approximate surface area is 146 Å². The molecule has 0 radical (unpaired) electrons. The zero-order chi connectivity index (χ0) is 16.8. The molecular formula is C17H24FN3O2S. The lowest BCUT2D eigenvalue weighted by Gasteiger charge is -2.20. The van der Waals surface area contributed by atoms with E-state index in [1.807, 2.05) is 18.7 Å². The molecule has 2 N–H and O–H groups in total. The maximum atomic E-state index is 13.8. The third-order valence-electron chi connectivity index (χ3n) is 4.02. The number of fused-ring (bicyclic) bond motifs is 1. The fourth-order valence-corrected chi connectivity index (χ4v) is 4.10. The lowest BCUT2D eigenvalue weighted by atomic mass is 10.1. The van der Waals surface area contributed by atoms with E-state index in [2.05, 4.69) is 15.6 Å². The molecule has 1 unspecified atom stereocenters. The van der Waals surface area contributed by atoms with Crippen molar-refractivity contribution >= 4 is 17.7 Å². The second kappa shape index (κ2) is 8.58. The number of guanidine groups is 1. The summed E-state index contributed by atoms with van der Waals surface area (Å²) in [6.45, 7) is 4.67. The van der Waals surface area contributed by atoms with Crippen LogP contribution in [0.15, 0.2) is 17.1 Å². The normalized spacial score (nSPS) is 20.4. The first kappa shape index (κ1) is 17.4. The molecule has 0 spiro atoms. The predicted molar refractivity (Wildman–Crippen MR) is 95.0 cm³/mol. The van der Waals surface area contributed by atoms with E-state index in [-0.39, 0.29) is 12.6 Å². The minimum Gasteiger partial charge on any atom is -0.467 e. The van der Waals surface area contributed by atoms with Crippen molar-refractivity contribution in [2.24, 2.45) is 4.99 Å². The lowest BCUT2D eigenvalue weighted by molar-refractivity contribution is -0.0172. The van der Waals surface area contributed by atoms with Crippen LogP contribution in [0, 0.1) is 5.82 Å². The minimum absolute atomic E-state index is 0.201. The van der Waals surface area contributed by atoms with Crippen molar-refractivity contribution in [2.45, 2.75) is 38.2 Å². The molecule has 3 rings (SSSR count). The van der Waals surface area contributed by atoms with Crippen molar-refractivity contribution in [3.8, 4) is 5.75 Å². The molecule has 132 valence electrons. The maximum absolute atomic E-state index is 13.8. The molecule has 0 bridgehead atoms. The fraction of sp³-hybridized carbons (Fsp3) is 0.588. The fourth-order valence-electron chi connectivity index (χ4n) is 2.90. The Morgan fingerprint density at radius 2 is 2.33 bits per heavy atom. The van der Waals surface area contributed by atoms with Gasteiger partial charge in [0.25, 0.3) is 0 Å². The third kappa shape index (κ3) is 4.54. The molecule has 2 aliphatic heterocycles. The molecule has 2 aliphatic rings. The average Bonchev–Trinajstić information content (AvgIpc) is 3.10. The number of nitrogens with zero attached hydrogens (tertiary/aromatic N) is 1. The molecule has 1 saturated heterocycles. The summed E-state index contributed by atoms with van der Waals surface area (Å²) in [6.07, 6.45) is 2.54. The van der Waals surface area contributed by atoms with Gasteiger partial charge in [0, 0.05) is 29.5 Å². The van der Waals surface area contributed by atoms with Crippen LogP contribution in [0.1, 0.15) is 30.9 Å². The smallest absolute Gasteiger partial charge is 0.191 e. The van der Waals surface area contributed by atoms with Gasteiger partial charge in [0.15, 0.2) is 12.8 Å². The van der Waals surface area contributed by atoms with E-state index in [4.69, 9.17) is 9.47 Å². The van der Waals surface area contributed by atoms with Crippen LogP contribution >= 0.6 is 11.8 Å². The van der Waals surface area contributed by atoms with Crippen molar-refractivity contribution in [1.82, 2.24) is 10.6 Å². The zero-order valence-corrected chi connectivity index (χ0v) is 14.8. The third-order valence-corrected chi connectivity index (χ3v) is 5.42. The van der Waals surface area contributed by atoms with Gasteiger partial charge in [-0.2, -0.15) is 11.8 Å². The summed E-state index contributed by atoms with van der Waals surface area (Å²) < 4.78 is 24.5. The number of thioether (sulfide) groups is 1. The lowest BCUT2D eigenvalue weighted by Crippen LogP contribution is -2.40. The zero-order valence-electron chi connectivity index (χ0n) is 13.9. The largest absolute Gasteiger partial charge is 0.467 e. The number of hydrogen-bond acceptors (Lipinski definition) is 4. The number of benzene rings is 1. The molecule has 0 amide bonds. The van der Waals surface area contributed by atoms with Crippen LogP contribution < -0.4 is 15.4 Å². The van der Waals surface area contributed by atoms with Gasteiger partial charge >= 0.3 is 0 Å². The van der Waals surface area contributed by atoms with Gasteiger partial charge in [-0.15, -0.1) is 0 Å². The summed E-state index contributed by atoms with van der Waals surface area (Å²) in [5.41, 5.74) is 1.49. The van der Waals surface area contributed by atoms with E-state index < -0.39 is 0 Å². The molecule has 2 heterocycles. The van der Waals surface area contributed by atoms with Gasteiger partial charge in [-0.25, -0.2) is 9.38 Å². The van der Waals surface area contributed by atoms with Gasteiger partial charge in [-0.1, -0.05) is 0 Å². The summed E-state index contributed by atoms with van der Waals surface area (Å²) in [7, 11) is 0. The Balaban J connectivity index is 1.67. The van der Waals surface area contributed by atoms with Gasteiger partial charge in [-0.05, 0) is 37.7 Å². The standard InChI is InChI=1S/C17H24FN3O2S/c1-2-19-17(21-9-15-4-3-5-24-15)20-8-12-6-14(18)7-13-10-22-11-23-16(12)13/h6-7,15H,2-5,8-11H2,1H3,(H2,19,20,21). The number of halogens is 1. The second-order valence-corrected chi connectivity index (χ2v) is 7.28. The molecule has 0 saturated carbocycles. The van der Waals surface area contributed by atoms with Crippen LogP contribution in [0.4, 0.5) is 4.39 Å². The molecule has 1 fully saturated rings. The molecule has 5 nitrogen and oxygen atoms in total. The topological polar surface area (TPSA) is 54.9 Å². The van der Waals surface area contributed by atoms with E-state index in [1.54, 1.807) is 0 Å². The monoisotopic (exact) mass is 353 g/mol. The molecule has 7 heteroatoms. The highest BCUT2D eigenvalue weighted by Crippen LogP contribution is 2.30. The minimum atomic E-state index is -0.284. The number of ether oxygens (including phenoxy) is 2. The van der Waals surface area contributed by atoms with Gasteiger partial charge in [-0.3, -0.25) is 0 Å². The Hall–Kier alpha value is -1.47. The SMILES string of the molecule is CCNC(=NCc1cc(F)cc2c1OCOC2)NCC1CCCS1. The van der Waals surface area contributed by atoms with E-state index in [0.717, 1.165) is 30.2 Å². The van der Waals surface area contributed by atoms with Crippen LogP contribution in [0.25, 0.3) is 0 Å². The van der Waals surface area contributed by atoms with Crippen molar-refractivity contribution in [3.63, 3.8) is 0 Å². The molecule has 1 atom stereocenters. The summed E-state index contributed by atoms with van der Waals surface area (Å²) in [4.78, 5) is 4.59. The van der Waals surface area contributed by atoms with Gasteiger partial charge in [0.2, 0.25) is 0 Å². The second-order valence-electron chi connectivity index (χ2n) is 5.87. The van der Waals surface area contributed by atoms with Crippen LogP contribution in [0.3, 0.4) is 0 Å². The highest BCUT2D eigenvalue weighted by atomic mass is 32.2. The van der Waals surface area contributed by atoms with E-state index in [1.165, 1.54) is 30.7 Å². The molecule has 24 heavy (non-hydrogen) atoms. The molecule has 1 aromatic carbocycles. The first-order chi connectivity index (χ1) is 11.8.